The Morgan fingerprint density at radius 3 is 2.52 bits per heavy atom. The van der Waals surface area contributed by atoms with Crippen LogP contribution in [0.4, 0.5) is 4.39 Å². The Hall–Kier alpha value is -1.27. The Kier molecular flexibility index (Phi) is 5.87. The van der Waals surface area contributed by atoms with E-state index in [1.807, 2.05) is 30.3 Å². The summed E-state index contributed by atoms with van der Waals surface area (Å²) in [6, 6.07) is 14.4. The predicted octanol–water partition coefficient (Wildman–Crippen LogP) is 3.35. The molecule has 2 aromatic carbocycles. The zero-order valence-corrected chi connectivity index (χ0v) is 13.3. The van der Waals surface area contributed by atoms with Crippen molar-refractivity contribution < 1.29 is 9.13 Å². The van der Waals surface area contributed by atoms with Crippen LogP contribution in [-0.2, 0) is 11.2 Å². The van der Waals surface area contributed by atoms with Gasteiger partial charge in [0, 0.05) is 11.6 Å². The molecule has 112 valence electrons. The zero-order valence-electron chi connectivity index (χ0n) is 11.7. The lowest BCUT2D eigenvalue weighted by Gasteiger charge is -2.26. The maximum Gasteiger partial charge on any atom is 0.124 e. The van der Waals surface area contributed by atoms with Crippen molar-refractivity contribution >= 4 is 15.9 Å². The van der Waals surface area contributed by atoms with Gasteiger partial charge in [-0.25, -0.2) is 4.39 Å². The molecule has 3 nitrogen and oxygen atoms in total. The van der Waals surface area contributed by atoms with E-state index in [-0.39, 0.29) is 18.0 Å². The minimum atomic E-state index is -0.269. The van der Waals surface area contributed by atoms with Gasteiger partial charge in [0.1, 0.15) is 5.82 Å². The summed E-state index contributed by atoms with van der Waals surface area (Å²) in [6.07, 6.45) is 0.429. The van der Waals surface area contributed by atoms with Gasteiger partial charge in [0.25, 0.3) is 0 Å². The Morgan fingerprint density at radius 1 is 1.24 bits per heavy atom. The average Bonchev–Trinajstić information content (AvgIpc) is 2.50. The first kappa shape index (κ1) is 16.1. The van der Waals surface area contributed by atoms with Gasteiger partial charge in [0.05, 0.1) is 12.1 Å². The van der Waals surface area contributed by atoms with E-state index >= 15 is 0 Å². The molecule has 0 amide bonds. The number of benzene rings is 2. The van der Waals surface area contributed by atoms with Crippen LogP contribution in [0.5, 0.6) is 0 Å². The number of nitrogens with two attached hydrogens (primary N) is 1. The van der Waals surface area contributed by atoms with Crippen molar-refractivity contribution in [2.45, 2.75) is 18.6 Å². The Morgan fingerprint density at radius 2 is 1.95 bits per heavy atom. The summed E-state index contributed by atoms with van der Waals surface area (Å²) >= 11 is 3.38. The Balaban J connectivity index is 2.22. The number of methoxy groups -OCH3 is 1. The lowest BCUT2D eigenvalue weighted by molar-refractivity contribution is 0.0678. The van der Waals surface area contributed by atoms with E-state index in [1.165, 1.54) is 12.1 Å². The summed E-state index contributed by atoms with van der Waals surface area (Å²) < 4.78 is 19.5. The third kappa shape index (κ3) is 4.11. The van der Waals surface area contributed by atoms with Crippen LogP contribution in [-0.4, -0.2) is 13.2 Å². The van der Waals surface area contributed by atoms with Gasteiger partial charge in [-0.3, -0.25) is 11.3 Å². The predicted molar refractivity (Wildman–Crippen MR) is 85.1 cm³/mol. The van der Waals surface area contributed by atoms with Crippen LogP contribution >= 0.6 is 15.9 Å². The van der Waals surface area contributed by atoms with Crippen LogP contribution in [0, 0.1) is 5.82 Å². The van der Waals surface area contributed by atoms with Gasteiger partial charge in [0.15, 0.2) is 0 Å². The third-order valence-electron chi connectivity index (χ3n) is 3.42. The van der Waals surface area contributed by atoms with Crippen molar-refractivity contribution in [3.05, 3.63) is 69.9 Å². The van der Waals surface area contributed by atoms with Gasteiger partial charge in [0.2, 0.25) is 0 Å². The van der Waals surface area contributed by atoms with Crippen molar-refractivity contribution in [3.63, 3.8) is 0 Å². The Labute approximate surface area is 132 Å². The Bertz CT molecular complexity index is 580. The molecule has 0 saturated heterocycles. The fourth-order valence-electron chi connectivity index (χ4n) is 2.35. The first-order valence-corrected chi connectivity index (χ1v) is 7.42. The molecule has 2 aromatic rings. The van der Waals surface area contributed by atoms with Crippen molar-refractivity contribution in [1.82, 2.24) is 5.43 Å². The quantitative estimate of drug-likeness (QED) is 0.619. The van der Waals surface area contributed by atoms with Crippen LogP contribution in [0.15, 0.2) is 53.0 Å². The highest BCUT2D eigenvalue weighted by Crippen LogP contribution is 2.26. The normalized spacial score (nSPS) is 13.9. The fourth-order valence-corrected chi connectivity index (χ4v) is 2.87. The third-order valence-corrected chi connectivity index (χ3v) is 4.15. The number of hydrazine groups is 1. The number of hydrogen-bond donors (Lipinski definition) is 2. The fraction of sp³-hybridized carbons (Fsp3) is 0.250. The number of rotatable bonds is 6. The van der Waals surface area contributed by atoms with E-state index in [1.54, 1.807) is 13.2 Å². The SMILES string of the molecule is COC(c1ccccc1)C(Cc1ccc(F)cc1Br)NN. The summed E-state index contributed by atoms with van der Waals surface area (Å²) in [7, 11) is 1.65. The molecule has 0 fully saturated rings. The molecule has 0 heterocycles. The van der Waals surface area contributed by atoms with Crippen LogP contribution in [0.1, 0.15) is 17.2 Å². The molecule has 0 saturated carbocycles. The lowest BCUT2D eigenvalue weighted by Crippen LogP contribution is -2.42. The molecule has 0 aliphatic rings. The topological polar surface area (TPSA) is 47.3 Å². The molecule has 2 rings (SSSR count). The van der Waals surface area contributed by atoms with Crippen LogP contribution in [0.3, 0.4) is 0 Å². The van der Waals surface area contributed by atoms with E-state index in [4.69, 9.17) is 10.6 Å². The molecule has 21 heavy (non-hydrogen) atoms. The summed E-state index contributed by atoms with van der Waals surface area (Å²) in [5, 5.41) is 0. The molecule has 0 aliphatic heterocycles. The van der Waals surface area contributed by atoms with Gasteiger partial charge >= 0.3 is 0 Å². The van der Waals surface area contributed by atoms with E-state index in [9.17, 15) is 4.39 Å². The monoisotopic (exact) mass is 352 g/mol. The number of halogens is 2. The molecule has 2 unspecified atom stereocenters. The van der Waals surface area contributed by atoms with Gasteiger partial charge in [-0.2, -0.15) is 0 Å². The number of hydrogen-bond acceptors (Lipinski definition) is 3. The molecular formula is C16H18BrFN2O. The highest BCUT2D eigenvalue weighted by molar-refractivity contribution is 9.10. The maximum absolute atomic E-state index is 13.2. The highest BCUT2D eigenvalue weighted by atomic mass is 79.9. The largest absolute Gasteiger partial charge is 0.375 e. The summed E-state index contributed by atoms with van der Waals surface area (Å²) in [4.78, 5) is 0. The van der Waals surface area contributed by atoms with Crippen molar-refractivity contribution in [2.24, 2.45) is 5.84 Å². The molecule has 3 N–H and O–H groups in total. The zero-order chi connectivity index (χ0) is 15.2. The lowest BCUT2D eigenvalue weighted by atomic mass is 9.96. The molecule has 5 heteroatoms. The summed E-state index contributed by atoms with van der Waals surface area (Å²) in [5.41, 5.74) is 4.81. The second-order valence-corrected chi connectivity index (χ2v) is 5.63. The van der Waals surface area contributed by atoms with E-state index in [0.717, 1.165) is 15.6 Å². The second-order valence-electron chi connectivity index (χ2n) is 4.78. The first-order chi connectivity index (χ1) is 10.2. The molecule has 0 bridgehead atoms. The van der Waals surface area contributed by atoms with Crippen molar-refractivity contribution in [1.29, 1.82) is 0 Å². The van der Waals surface area contributed by atoms with Gasteiger partial charge in [-0.1, -0.05) is 52.3 Å². The van der Waals surface area contributed by atoms with E-state index in [0.29, 0.717) is 6.42 Å². The maximum atomic E-state index is 13.2. The van der Waals surface area contributed by atoms with Crippen LogP contribution in [0.25, 0.3) is 0 Å². The summed E-state index contributed by atoms with van der Waals surface area (Å²) in [5.74, 6) is 5.43. The first-order valence-electron chi connectivity index (χ1n) is 6.63. The van der Waals surface area contributed by atoms with Crippen molar-refractivity contribution in [3.8, 4) is 0 Å². The van der Waals surface area contributed by atoms with Crippen LogP contribution < -0.4 is 11.3 Å². The number of ether oxygens (including phenoxy) is 1. The van der Waals surface area contributed by atoms with Gasteiger partial charge in [-0.05, 0) is 29.7 Å². The molecular weight excluding hydrogens is 335 g/mol. The molecule has 0 radical (unpaired) electrons. The van der Waals surface area contributed by atoms with Gasteiger partial charge < -0.3 is 4.74 Å². The van der Waals surface area contributed by atoms with E-state index in [2.05, 4.69) is 21.4 Å². The summed E-state index contributed by atoms with van der Waals surface area (Å²) in [6.45, 7) is 0. The molecule has 0 aromatic heterocycles. The van der Waals surface area contributed by atoms with Crippen LogP contribution in [0.2, 0.25) is 0 Å². The molecule has 0 spiro atoms. The molecule has 2 atom stereocenters. The van der Waals surface area contributed by atoms with Crippen molar-refractivity contribution in [2.75, 3.05) is 7.11 Å². The minimum Gasteiger partial charge on any atom is -0.375 e. The van der Waals surface area contributed by atoms with Gasteiger partial charge in [-0.15, -0.1) is 0 Å². The van der Waals surface area contributed by atoms with E-state index < -0.39 is 0 Å². The standard InChI is InChI=1S/C16H18BrFN2O/c1-21-16(11-5-3-2-4-6-11)15(20-19)9-12-7-8-13(18)10-14(12)17/h2-8,10,15-16,20H,9,19H2,1H3. The number of nitrogens with one attached hydrogen (secondary N) is 1. The highest BCUT2D eigenvalue weighted by Gasteiger charge is 2.23. The second kappa shape index (κ2) is 7.66. The smallest absolute Gasteiger partial charge is 0.124 e. The average molecular weight is 353 g/mol. The molecule has 0 aliphatic carbocycles. The minimum absolute atomic E-state index is 0.126.